The van der Waals surface area contributed by atoms with Crippen LogP contribution >= 0.6 is 11.3 Å². The number of hydrogen-bond donors (Lipinski definition) is 1. The Kier molecular flexibility index (Phi) is 3.81. The van der Waals surface area contributed by atoms with Crippen LogP contribution in [-0.2, 0) is 0 Å². The summed E-state index contributed by atoms with van der Waals surface area (Å²) in [6.07, 6.45) is 0. The molecule has 100 valence electrons. The molecule has 20 heavy (non-hydrogen) atoms. The molecule has 0 amide bonds. The number of para-hydroxylation sites is 1. The van der Waals surface area contributed by atoms with Crippen molar-refractivity contribution in [1.82, 2.24) is 0 Å². The van der Waals surface area contributed by atoms with E-state index < -0.39 is 0 Å². The van der Waals surface area contributed by atoms with Gasteiger partial charge in [0.25, 0.3) is 0 Å². The third kappa shape index (κ3) is 2.90. The van der Waals surface area contributed by atoms with E-state index in [9.17, 15) is 0 Å². The molecule has 0 aliphatic rings. The molecule has 0 bridgehead atoms. The normalized spacial score (nSPS) is 12.1. The minimum atomic E-state index is -0.102. The summed E-state index contributed by atoms with van der Waals surface area (Å²) < 4.78 is 5.83. The summed E-state index contributed by atoms with van der Waals surface area (Å²) in [4.78, 5) is 1.15. The third-order valence-corrected chi connectivity index (χ3v) is 4.00. The van der Waals surface area contributed by atoms with Crippen molar-refractivity contribution < 1.29 is 4.74 Å². The van der Waals surface area contributed by atoms with E-state index >= 15 is 0 Å². The average Bonchev–Trinajstić information content (AvgIpc) is 3.02. The molecule has 0 saturated carbocycles. The first-order valence-electron chi connectivity index (χ1n) is 6.45. The van der Waals surface area contributed by atoms with Crippen LogP contribution in [0.4, 0.5) is 0 Å². The number of rotatable bonds is 4. The predicted molar refractivity (Wildman–Crippen MR) is 83.3 cm³/mol. The zero-order valence-electron chi connectivity index (χ0n) is 10.9. The molecule has 0 unspecified atom stereocenters. The highest BCUT2D eigenvalue weighted by atomic mass is 32.1. The zero-order chi connectivity index (χ0) is 13.8. The van der Waals surface area contributed by atoms with Gasteiger partial charge in [-0.3, -0.25) is 0 Å². The molecule has 1 atom stereocenters. The highest BCUT2D eigenvalue weighted by molar-refractivity contribution is 7.10. The van der Waals surface area contributed by atoms with Crippen molar-refractivity contribution in [2.45, 2.75) is 6.04 Å². The van der Waals surface area contributed by atoms with E-state index in [0.29, 0.717) is 0 Å². The third-order valence-electron chi connectivity index (χ3n) is 3.05. The van der Waals surface area contributed by atoms with Crippen molar-refractivity contribution in [3.63, 3.8) is 0 Å². The van der Waals surface area contributed by atoms with Gasteiger partial charge in [-0.1, -0.05) is 36.4 Å². The van der Waals surface area contributed by atoms with Crippen LogP contribution in [0.25, 0.3) is 0 Å². The van der Waals surface area contributed by atoms with Gasteiger partial charge in [0.2, 0.25) is 0 Å². The summed E-state index contributed by atoms with van der Waals surface area (Å²) >= 11 is 1.67. The Morgan fingerprint density at radius 1 is 0.850 bits per heavy atom. The Morgan fingerprint density at radius 3 is 2.40 bits per heavy atom. The standard InChI is InChI=1S/C17H15NOS/c18-17(16-10-5-11-20-16)13-6-4-9-15(12-13)19-14-7-2-1-3-8-14/h1-12,17H,18H2/t17-/m1/s1. The predicted octanol–water partition coefficient (Wildman–Crippen LogP) is 4.59. The Balaban J connectivity index is 1.83. The van der Waals surface area contributed by atoms with Gasteiger partial charge in [-0.05, 0) is 41.3 Å². The highest BCUT2D eigenvalue weighted by Gasteiger charge is 2.10. The molecule has 0 radical (unpaired) electrons. The van der Waals surface area contributed by atoms with E-state index in [1.54, 1.807) is 11.3 Å². The highest BCUT2D eigenvalue weighted by Crippen LogP contribution is 2.28. The maximum atomic E-state index is 6.28. The van der Waals surface area contributed by atoms with Crippen molar-refractivity contribution in [2.75, 3.05) is 0 Å². The van der Waals surface area contributed by atoms with Gasteiger partial charge in [0.15, 0.2) is 0 Å². The van der Waals surface area contributed by atoms with Crippen LogP contribution in [0.3, 0.4) is 0 Å². The fourth-order valence-corrected chi connectivity index (χ4v) is 2.78. The first kappa shape index (κ1) is 12.9. The minimum Gasteiger partial charge on any atom is -0.457 e. The van der Waals surface area contributed by atoms with Gasteiger partial charge in [0.1, 0.15) is 11.5 Å². The van der Waals surface area contributed by atoms with Crippen molar-refractivity contribution in [1.29, 1.82) is 0 Å². The van der Waals surface area contributed by atoms with Crippen LogP contribution in [0.1, 0.15) is 16.5 Å². The fraction of sp³-hybridized carbons (Fsp3) is 0.0588. The lowest BCUT2D eigenvalue weighted by Crippen LogP contribution is -2.09. The summed E-state index contributed by atoms with van der Waals surface area (Å²) in [5, 5.41) is 2.04. The molecule has 1 heterocycles. The summed E-state index contributed by atoms with van der Waals surface area (Å²) in [6.45, 7) is 0. The van der Waals surface area contributed by atoms with Gasteiger partial charge in [0.05, 0.1) is 6.04 Å². The number of thiophene rings is 1. The Labute approximate surface area is 122 Å². The molecule has 0 saturated heterocycles. The molecular weight excluding hydrogens is 266 g/mol. The van der Waals surface area contributed by atoms with E-state index in [1.165, 1.54) is 0 Å². The molecule has 3 heteroatoms. The smallest absolute Gasteiger partial charge is 0.127 e. The lowest BCUT2D eigenvalue weighted by atomic mass is 10.1. The largest absolute Gasteiger partial charge is 0.457 e. The molecule has 1 aromatic heterocycles. The van der Waals surface area contributed by atoms with Gasteiger partial charge < -0.3 is 10.5 Å². The van der Waals surface area contributed by atoms with Gasteiger partial charge >= 0.3 is 0 Å². The van der Waals surface area contributed by atoms with Crippen molar-refractivity contribution in [3.05, 3.63) is 82.6 Å². The summed E-state index contributed by atoms with van der Waals surface area (Å²) in [6, 6.07) is 21.7. The summed E-state index contributed by atoms with van der Waals surface area (Å²) in [5.74, 6) is 1.63. The molecule has 0 spiro atoms. The molecule has 0 aliphatic heterocycles. The number of benzene rings is 2. The summed E-state index contributed by atoms with van der Waals surface area (Å²) in [5.41, 5.74) is 7.33. The zero-order valence-corrected chi connectivity index (χ0v) is 11.7. The van der Waals surface area contributed by atoms with Gasteiger partial charge in [-0.25, -0.2) is 0 Å². The fourth-order valence-electron chi connectivity index (χ4n) is 2.03. The quantitative estimate of drug-likeness (QED) is 0.759. The lowest BCUT2D eigenvalue weighted by molar-refractivity contribution is 0.481. The van der Waals surface area contributed by atoms with Gasteiger partial charge in [-0.15, -0.1) is 11.3 Å². The van der Waals surface area contributed by atoms with E-state index in [2.05, 4.69) is 6.07 Å². The van der Waals surface area contributed by atoms with Crippen LogP contribution in [0.5, 0.6) is 11.5 Å². The van der Waals surface area contributed by atoms with Crippen molar-refractivity contribution in [2.24, 2.45) is 5.73 Å². The summed E-state index contributed by atoms with van der Waals surface area (Å²) in [7, 11) is 0. The molecule has 3 aromatic rings. The second kappa shape index (κ2) is 5.90. The number of ether oxygens (including phenoxy) is 1. The SMILES string of the molecule is N[C@H](c1cccc(Oc2ccccc2)c1)c1cccs1. The second-order valence-electron chi connectivity index (χ2n) is 4.48. The van der Waals surface area contributed by atoms with Gasteiger partial charge in [-0.2, -0.15) is 0 Å². The number of nitrogens with two attached hydrogens (primary N) is 1. The van der Waals surface area contributed by atoms with Crippen molar-refractivity contribution in [3.8, 4) is 11.5 Å². The van der Waals surface area contributed by atoms with Crippen LogP contribution in [0.2, 0.25) is 0 Å². The topological polar surface area (TPSA) is 35.2 Å². The molecule has 3 rings (SSSR count). The Morgan fingerprint density at radius 2 is 1.65 bits per heavy atom. The lowest BCUT2D eigenvalue weighted by Gasteiger charge is -2.12. The van der Waals surface area contributed by atoms with E-state index in [0.717, 1.165) is 21.9 Å². The van der Waals surface area contributed by atoms with E-state index in [1.807, 2.05) is 66.0 Å². The minimum absolute atomic E-state index is 0.102. The van der Waals surface area contributed by atoms with Crippen LogP contribution in [0, 0.1) is 0 Å². The van der Waals surface area contributed by atoms with Gasteiger partial charge in [0, 0.05) is 4.88 Å². The first-order valence-corrected chi connectivity index (χ1v) is 7.33. The van der Waals surface area contributed by atoms with E-state index in [-0.39, 0.29) is 6.04 Å². The van der Waals surface area contributed by atoms with Crippen LogP contribution in [-0.4, -0.2) is 0 Å². The molecule has 2 aromatic carbocycles. The molecule has 0 fully saturated rings. The maximum absolute atomic E-state index is 6.28. The van der Waals surface area contributed by atoms with Crippen LogP contribution < -0.4 is 10.5 Å². The number of hydrogen-bond acceptors (Lipinski definition) is 3. The second-order valence-corrected chi connectivity index (χ2v) is 5.46. The maximum Gasteiger partial charge on any atom is 0.127 e. The molecular formula is C17H15NOS. The van der Waals surface area contributed by atoms with Crippen LogP contribution in [0.15, 0.2) is 72.1 Å². The Bertz CT molecular complexity index is 664. The van der Waals surface area contributed by atoms with Crippen molar-refractivity contribution >= 4 is 11.3 Å². The molecule has 2 N–H and O–H groups in total. The van der Waals surface area contributed by atoms with E-state index in [4.69, 9.17) is 10.5 Å². The Hall–Kier alpha value is -2.10. The monoisotopic (exact) mass is 281 g/mol. The molecule has 0 aliphatic carbocycles. The molecule has 2 nitrogen and oxygen atoms in total. The first-order chi connectivity index (χ1) is 9.83. The average molecular weight is 281 g/mol.